The summed E-state index contributed by atoms with van der Waals surface area (Å²) < 4.78 is 5.82. The van der Waals surface area contributed by atoms with Crippen molar-refractivity contribution in [2.24, 2.45) is 0 Å². The number of amides is 1. The standard InChI is InChI=1S/C15H27NO4/c1-12(20-13-8-4-2-3-5-9-13)15(19)16-11-7-6-10-14(17)18/h12-13H,2-11H2,1H3,(H,16,19)(H,17,18). The average Bonchev–Trinajstić information content (AvgIpc) is 2.66. The maximum Gasteiger partial charge on any atom is 0.303 e. The summed E-state index contributed by atoms with van der Waals surface area (Å²) in [5, 5.41) is 11.3. The van der Waals surface area contributed by atoms with Crippen LogP contribution in [0.5, 0.6) is 0 Å². The van der Waals surface area contributed by atoms with Gasteiger partial charge in [-0.2, -0.15) is 0 Å². The van der Waals surface area contributed by atoms with Crippen molar-refractivity contribution in [2.45, 2.75) is 76.9 Å². The summed E-state index contributed by atoms with van der Waals surface area (Å²) in [5.41, 5.74) is 0. The summed E-state index contributed by atoms with van der Waals surface area (Å²) in [6.07, 6.45) is 8.25. The van der Waals surface area contributed by atoms with E-state index in [0.717, 1.165) is 12.8 Å². The van der Waals surface area contributed by atoms with Crippen molar-refractivity contribution in [3.05, 3.63) is 0 Å². The zero-order valence-corrected chi connectivity index (χ0v) is 12.4. The number of carbonyl (C=O) groups excluding carboxylic acids is 1. The quantitative estimate of drug-likeness (QED) is 0.530. The van der Waals surface area contributed by atoms with Crippen LogP contribution in [0.15, 0.2) is 0 Å². The smallest absolute Gasteiger partial charge is 0.303 e. The van der Waals surface area contributed by atoms with Crippen LogP contribution in [-0.2, 0) is 14.3 Å². The van der Waals surface area contributed by atoms with Crippen LogP contribution in [0.2, 0.25) is 0 Å². The van der Waals surface area contributed by atoms with Crippen LogP contribution in [0.3, 0.4) is 0 Å². The molecule has 116 valence electrons. The fourth-order valence-electron chi connectivity index (χ4n) is 2.49. The van der Waals surface area contributed by atoms with Gasteiger partial charge in [-0.25, -0.2) is 0 Å². The highest BCUT2D eigenvalue weighted by Gasteiger charge is 2.19. The highest BCUT2D eigenvalue weighted by molar-refractivity contribution is 5.80. The number of hydrogen-bond donors (Lipinski definition) is 2. The van der Waals surface area contributed by atoms with Crippen LogP contribution in [0.4, 0.5) is 0 Å². The molecular weight excluding hydrogens is 258 g/mol. The van der Waals surface area contributed by atoms with Crippen LogP contribution in [0.25, 0.3) is 0 Å². The normalized spacial score (nSPS) is 18.2. The predicted octanol–water partition coefficient (Wildman–Crippen LogP) is 2.49. The van der Waals surface area contributed by atoms with E-state index in [0.29, 0.717) is 19.4 Å². The Morgan fingerprint density at radius 1 is 1.20 bits per heavy atom. The van der Waals surface area contributed by atoms with E-state index in [-0.39, 0.29) is 18.4 Å². The highest BCUT2D eigenvalue weighted by Crippen LogP contribution is 2.20. The second-order valence-electron chi connectivity index (χ2n) is 5.53. The van der Waals surface area contributed by atoms with Gasteiger partial charge >= 0.3 is 5.97 Å². The van der Waals surface area contributed by atoms with E-state index in [9.17, 15) is 9.59 Å². The van der Waals surface area contributed by atoms with Gasteiger partial charge in [0.15, 0.2) is 0 Å². The lowest BCUT2D eigenvalue weighted by atomic mass is 10.1. The van der Waals surface area contributed by atoms with E-state index in [1.54, 1.807) is 6.92 Å². The van der Waals surface area contributed by atoms with Crippen molar-refractivity contribution < 1.29 is 19.4 Å². The summed E-state index contributed by atoms with van der Waals surface area (Å²) >= 11 is 0. The minimum atomic E-state index is -0.790. The van der Waals surface area contributed by atoms with Gasteiger partial charge in [0, 0.05) is 13.0 Å². The van der Waals surface area contributed by atoms with Crippen LogP contribution in [-0.4, -0.2) is 35.7 Å². The van der Waals surface area contributed by atoms with Crippen molar-refractivity contribution in [1.82, 2.24) is 5.32 Å². The van der Waals surface area contributed by atoms with Crippen LogP contribution < -0.4 is 5.32 Å². The zero-order chi connectivity index (χ0) is 14.8. The Labute approximate surface area is 121 Å². The van der Waals surface area contributed by atoms with Crippen molar-refractivity contribution in [3.63, 3.8) is 0 Å². The molecule has 1 saturated carbocycles. The van der Waals surface area contributed by atoms with Gasteiger partial charge in [0.2, 0.25) is 5.91 Å². The van der Waals surface area contributed by atoms with Gasteiger partial charge in [-0.15, -0.1) is 0 Å². The molecule has 0 aromatic carbocycles. The van der Waals surface area contributed by atoms with Gasteiger partial charge in [-0.3, -0.25) is 9.59 Å². The minimum absolute atomic E-state index is 0.0930. The van der Waals surface area contributed by atoms with E-state index in [1.165, 1.54) is 25.7 Å². The maximum atomic E-state index is 11.8. The number of unbranched alkanes of at least 4 members (excludes halogenated alkanes) is 1. The first-order valence-electron chi connectivity index (χ1n) is 7.74. The van der Waals surface area contributed by atoms with Crippen molar-refractivity contribution in [1.29, 1.82) is 0 Å². The molecule has 1 fully saturated rings. The second kappa shape index (κ2) is 9.75. The number of rotatable bonds is 8. The van der Waals surface area contributed by atoms with Crippen molar-refractivity contribution in [2.75, 3.05) is 6.54 Å². The molecule has 0 aliphatic heterocycles. The summed E-state index contributed by atoms with van der Waals surface area (Å²) in [7, 11) is 0. The predicted molar refractivity (Wildman–Crippen MR) is 76.5 cm³/mol. The molecule has 0 saturated heterocycles. The molecule has 1 rings (SSSR count). The van der Waals surface area contributed by atoms with E-state index >= 15 is 0 Å². The molecule has 0 heterocycles. The number of nitrogens with one attached hydrogen (secondary N) is 1. The van der Waals surface area contributed by atoms with Gasteiger partial charge in [-0.05, 0) is 32.6 Å². The van der Waals surface area contributed by atoms with Crippen molar-refractivity contribution >= 4 is 11.9 Å². The van der Waals surface area contributed by atoms with Crippen LogP contribution >= 0.6 is 0 Å². The molecule has 1 atom stereocenters. The third-order valence-electron chi connectivity index (χ3n) is 3.68. The third kappa shape index (κ3) is 7.48. The average molecular weight is 285 g/mol. The number of carboxylic acids is 1. The Bertz CT molecular complexity index is 298. The number of carboxylic acid groups (broad SMARTS) is 1. The fourth-order valence-corrected chi connectivity index (χ4v) is 2.49. The monoisotopic (exact) mass is 285 g/mol. The first kappa shape index (κ1) is 17.0. The lowest BCUT2D eigenvalue weighted by Crippen LogP contribution is -2.37. The largest absolute Gasteiger partial charge is 0.481 e. The Morgan fingerprint density at radius 3 is 2.45 bits per heavy atom. The highest BCUT2D eigenvalue weighted by atomic mass is 16.5. The summed E-state index contributed by atoms with van der Waals surface area (Å²) in [5.74, 6) is -0.883. The van der Waals surface area contributed by atoms with Crippen LogP contribution in [0.1, 0.15) is 64.7 Å². The summed E-state index contributed by atoms with van der Waals surface area (Å²) in [4.78, 5) is 22.2. The van der Waals surface area contributed by atoms with Gasteiger partial charge in [-0.1, -0.05) is 25.7 Å². The van der Waals surface area contributed by atoms with Gasteiger partial charge in [0.05, 0.1) is 6.10 Å². The zero-order valence-electron chi connectivity index (χ0n) is 12.4. The Balaban J connectivity index is 2.13. The Hall–Kier alpha value is -1.10. The molecule has 1 unspecified atom stereocenters. The number of ether oxygens (including phenoxy) is 1. The molecule has 2 N–H and O–H groups in total. The molecule has 1 aliphatic carbocycles. The molecule has 0 aromatic rings. The lowest BCUT2D eigenvalue weighted by molar-refractivity contribution is -0.137. The first-order chi connectivity index (χ1) is 9.59. The molecule has 1 amide bonds. The molecule has 0 spiro atoms. The molecule has 5 nitrogen and oxygen atoms in total. The third-order valence-corrected chi connectivity index (χ3v) is 3.68. The van der Waals surface area contributed by atoms with E-state index < -0.39 is 12.1 Å². The number of hydrogen-bond acceptors (Lipinski definition) is 3. The summed E-state index contributed by atoms with van der Waals surface area (Å²) in [6.45, 7) is 2.31. The molecule has 0 aromatic heterocycles. The van der Waals surface area contributed by atoms with E-state index in [4.69, 9.17) is 9.84 Å². The Morgan fingerprint density at radius 2 is 1.85 bits per heavy atom. The Kier molecular flexibility index (Phi) is 8.26. The fraction of sp³-hybridized carbons (Fsp3) is 0.867. The van der Waals surface area contributed by atoms with Gasteiger partial charge < -0.3 is 15.2 Å². The van der Waals surface area contributed by atoms with Gasteiger partial charge in [0.1, 0.15) is 6.10 Å². The SMILES string of the molecule is CC(OC1CCCCCC1)C(=O)NCCCCC(=O)O. The molecule has 1 aliphatic rings. The minimum Gasteiger partial charge on any atom is -0.481 e. The molecule has 0 bridgehead atoms. The summed E-state index contributed by atoms with van der Waals surface area (Å²) in [6, 6.07) is 0. The molecular formula is C15H27NO4. The first-order valence-corrected chi connectivity index (χ1v) is 7.74. The van der Waals surface area contributed by atoms with Crippen molar-refractivity contribution in [3.8, 4) is 0 Å². The van der Waals surface area contributed by atoms with Gasteiger partial charge in [0.25, 0.3) is 0 Å². The molecule has 0 radical (unpaired) electrons. The van der Waals surface area contributed by atoms with Crippen LogP contribution in [0, 0.1) is 0 Å². The lowest BCUT2D eigenvalue weighted by Gasteiger charge is -2.20. The topological polar surface area (TPSA) is 75.6 Å². The van der Waals surface area contributed by atoms with E-state index in [2.05, 4.69) is 5.32 Å². The second-order valence-corrected chi connectivity index (χ2v) is 5.53. The molecule has 5 heteroatoms. The van der Waals surface area contributed by atoms with E-state index in [1.807, 2.05) is 0 Å². The maximum absolute atomic E-state index is 11.8. The number of aliphatic carboxylic acids is 1. The number of carbonyl (C=O) groups is 2. The molecule has 20 heavy (non-hydrogen) atoms.